The Hall–Kier alpha value is -1.10. The molecule has 5 heteroatoms. The van der Waals surface area contributed by atoms with Gasteiger partial charge in [-0.05, 0) is 11.6 Å². The maximum atomic E-state index is 9.97. The van der Waals surface area contributed by atoms with Crippen LogP contribution in [0.3, 0.4) is 0 Å². The van der Waals surface area contributed by atoms with E-state index in [9.17, 15) is 14.7 Å². The number of primary amides is 1. The summed E-state index contributed by atoms with van der Waals surface area (Å²) in [4.78, 5) is 19.2. The molecule has 1 amide bonds. The van der Waals surface area contributed by atoms with Gasteiger partial charge in [0.1, 0.15) is 0 Å². The summed E-state index contributed by atoms with van der Waals surface area (Å²) in [6.07, 6.45) is 2.50. The molecule has 0 fully saturated rings. The molecule has 0 saturated heterocycles. The van der Waals surface area contributed by atoms with Gasteiger partial charge in [-0.1, -0.05) is 36.4 Å². The first kappa shape index (κ1) is 17.3. The molecule has 0 saturated carbocycles. The molecule has 0 heterocycles. The molecular formula is C11H12NNaO3. The van der Waals surface area contributed by atoms with Gasteiger partial charge in [-0.15, -0.1) is 0 Å². The van der Waals surface area contributed by atoms with Crippen molar-refractivity contribution in [3.63, 3.8) is 0 Å². The number of hydrogen-bond acceptors (Lipinski definition) is 3. The number of aliphatic carboxylic acids is 1. The molecule has 16 heavy (non-hydrogen) atoms. The summed E-state index contributed by atoms with van der Waals surface area (Å²) in [5.41, 5.74) is 5.33. The average molecular weight is 229 g/mol. The zero-order chi connectivity index (χ0) is 11.7. The topological polar surface area (TPSA) is 83.2 Å². The Bertz CT molecular complexity index is 346. The van der Waals surface area contributed by atoms with E-state index in [1.165, 1.54) is 13.0 Å². The SMILES string of the molecule is CC(N)=O.O=C([O-])C=Cc1ccccc1.[Na+]. The molecule has 0 aliphatic carbocycles. The zero-order valence-corrected chi connectivity index (χ0v) is 11.3. The van der Waals surface area contributed by atoms with Crippen LogP contribution in [0.2, 0.25) is 0 Å². The van der Waals surface area contributed by atoms with Crippen molar-refractivity contribution >= 4 is 18.0 Å². The number of benzene rings is 1. The molecule has 0 atom stereocenters. The van der Waals surface area contributed by atoms with Gasteiger partial charge < -0.3 is 15.6 Å². The Morgan fingerprint density at radius 3 is 2.06 bits per heavy atom. The van der Waals surface area contributed by atoms with Crippen LogP contribution in [0.5, 0.6) is 0 Å². The number of rotatable bonds is 2. The molecular weight excluding hydrogens is 217 g/mol. The Balaban J connectivity index is 0. The smallest absolute Gasteiger partial charge is 0.545 e. The normalized spacial score (nSPS) is 8.56. The summed E-state index contributed by atoms with van der Waals surface area (Å²) in [6.45, 7) is 1.31. The fourth-order valence-electron chi connectivity index (χ4n) is 0.728. The molecule has 1 aromatic carbocycles. The Labute approximate surface area is 116 Å². The fourth-order valence-corrected chi connectivity index (χ4v) is 0.728. The minimum atomic E-state index is -1.17. The van der Waals surface area contributed by atoms with Gasteiger partial charge in [0, 0.05) is 6.92 Å². The number of carbonyl (C=O) groups is 2. The molecule has 1 aromatic rings. The van der Waals surface area contributed by atoms with Gasteiger partial charge in [0.05, 0.1) is 5.97 Å². The molecule has 0 aliphatic heterocycles. The second-order valence-corrected chi connectivity index (χ2v) is 2.67. The van der Waals surface area contributed by atoms with Crippen LogP contribution in [-0.2, 0) is 9.59 Å². The van der Waals surface area contributed by atoms with E-state index in [0.717, 1.165) is 11.6 Å². The van der Waals surface area contributed by atoms with Gasteiger partial charge in [-0.3, -0.25) is 4.79 Å². The predicted molar refractivity (Wildman–Crippen MR) is 55.4 cm³/mol. The van der Waals surface area contributed by atoms with Gasteiger partial charge in [0.15, 0.2) is 0 Å². The standard InChI is InChI=1S/C9H8O2.C2H5NO.Na/c10-9(11)7-6-8-4-2-1-3-5-8;1-2(3)4;/h1-7H,(H,10,11);1H3,(H2,3,4);/q;;+1/p-1. The number of hydrogen-bond donors (Lipinski definition) is 1. The fraction of sp³-hybridized carbons (Fsp3) is 0.0909. The minimum absolute atomic E-state index is 0. The van der Waals surface area contributed by atoms with Crippen LogP contribution in [0.25, 0.3) is 6.08 Å². The van der Waals surface area contributed by atoms with Crippen molar-refractivity contribution in [2.24, 2.45) is 5.73 Å². The number of nitrogens with two attached hydrogens (primary N) is 1. The maximum absolute atomic E-state index is 9.97. The predicted octanol–water partition coefficient (Wildman–Crippen LogP) is -3.05. The zero-order valence-electron chi connectivity index (χ0n) is 9.34. The minimum Gasteiger partial charge on any atom is -0.545 e. The third kappa shape index (κ3) is 12.9. The molecule has 0 aromatic heterocycles. The Kier molecular flexibility index (Phi) is 11.3. The van der Waals surface area contributed by atoms with Crippen molar-refractivity contribution in [1.29, 1.82) is 0 Å². The van der Waals surface area contributed by atoms with E-state index in [1.807, 2.05) is 30.3 Å². The van der Waals surface area contributed by atoms with Crippen molar-refractivity contribution in [2.45, 2.75) is 6.92 Å². The second kappa shape index (κ2) is 10.4. The summed E-state index contributed by atoms with van der Waals surface area (Å²) in [7, 11) is 0. The first-order valence-corrected chi connectivity index (χ1v) is 4.22. The van der Waals surface area contributed by atoms with Gasteiger partial charge in [0.2, 0.25) is 5.91 Å². The van der Waals surface area contributed by atoms with Crippen LogP contribution in [0.1, 0.15) is 12.5 Å². The number of carbonyl (C=O) groups excluding carboxylic acids is 2. The first-order chi connectivity index (χ1) is 7.02. The molecule has 1 rings (SSSR count). The van der Waals surface area contributed by atoms with Crippen LogP contribution in [0.15, 0.2) is 36.4 Å². The molecule has 0 spiro atoms. The molecule has 0 aliphatic rings. The summed E-state index contributed by atoms with van der Waals surface area (Å²) >= 11 is 0. The summed E-state index contributed by atoms with van der Waals surface area (Å²) in [5, 5.41) is 9.97. The van der Waals surface area contributed by atoms with Crippen molar-refractivity contribution in [1.82, 2.24) is 0 Å². The van der Waals surface area contributed by atoms with Crippen LogP contribution in [-0.4, -0.2) is 11.9 Å². The van der Waals surface area contributed by atoms with E-state index in [-0.39, 0.29) is 35.5 Å². The summed E-state index contributed by atoms with van der Waals surface area (Å²) in [6, 6.07) is 9.19. The number of carboxylic acid groups (broad SMARTS) is 1. The van der Waals surface area contributed by atoms with Gasteiger partial charge in [-0.2, -0.15) is 0 Å². The average Bonchev–Trinajstić information content (AvgIpc) is 2.15. The summed E-state index contributed by atoms with van der Waals surface area (Å²) < 4.78 is 0. The van der Waals surface area contributed by atoms with Crippen LogP contribution in [0.4, 0.5) is 0 Å². The maximum Gasteiger partial charge on any atom is 1.00 e. The Morgan fingerprint density at radius 2 is 1.69 bits per heavy atom. The van der Waals surface area contributed by atoms with E-state index >= 15 is 0 Å². The molecule has 0 unspecified atom stereocenters. The van der Waals surface area contributed by atoms with Crippen molar-refractivity contribution < 1.29 is 44.3 Å². The van der Waals surface area contributed by atoms with Crippen molar-refractivity contribution in [3.05, 3.63) is 42.0 Å². The molecule has 80 valence electrons. The van der Waals surface area contributed by atoms with Gasteiger partial charge >= 0.3 is 29.6 Å². The molecule has 0 radical (unpaired) electrons. The Morgan fingerprint density at radius 1 is 1.25 bits per heavy atom. The van der Waals surface area contributed by atoms with E-state index in [0.29, 0.717) is 0 Å². The molecule has 0 bridgehead atoms. The monoisotopic (exact) mass is 229 g/mol. The second-order valence-electron chi connectivity index (χ2n) is 2.67. The van der Waals surface area contributed by atoms with Gasteiger partial charge in [0.25, 0.3) is 0 Å². The third-order valence-corrected chi connectivity index (χ3v) is 1.21. The first-order valence-electron chi connectivity index (χ1n) is 4.22. The molecule has 4 nitrogen and oxygen atoms in total. The van der Waals surface area contributed by atoms with Crippen molar-refractivity contribution in [2.75, 3.05) is 0 Å². The van der Waals surface area contributed by atoms with Crippen LogP contribution < -0.4 is 40.4 Å². The largest absolute Gasteiger partial charge is 1.00 e. The van der Waals surface area contributed by atoms with E-state index < -0.39 is 5.97 Å². The van der Waals surface area contributed by atoms with Crippen LogP contribution in [0, 0.1) is 0 Å². The number of amides is 1. The summed E-state index contributed by atoms with van der Waals surface area (Å²) in [5.74, 6) is -1.51. The van der Waals surface area contributed by atoms with Crippen molar-refractivity contribution in [3.8, 4) is 0 Å². The molecule has 2 N–H and O–H groups in total. The number of carboxylic acids is 1. The third-order valence-electron chi connectivity index (χ3n) is 1.21. The van der Waals surface area contributed by atoms with E-state index in [2.05, 4.69) is 5.73 Å². The van der Waals surface area contributed by atoms with Crippen LogP contribution >= 0.6 is 0 Å². The van der Waals surface area contributed by atoms with E-state index in [1.54, 1.807) is 0 Å². The quantitative estimate of drug-likeness (QED) is 0.432. The van der Waals surface area contributed by atoms with Gasteiger partial charge in [-0.25, -0.2) is 0 Å². The van der Waals surface area contributed by atoms with E-state index in [4.69, 9.17) is 0 Å².